The van der Waals surface area contributed by atoms with E-state index in [1.165, 1.54) is 0 Å². The third kappa shape index (κ3) is 3.65. The zero-order chi connectivity index (χ0) is 10.6. The monoisotopic (exact) mass is 188 g/mol. The maximum atomic E-state index is 9.15. The Labute approximate surface area is 82.3 Å². The van der Waals surface area contributed by atoms with Gasteiger partial charge in [0.05, 0.1) is 18.3 Å². The predicted molar refractivity (Wildman–Crippen MR) is 55.7 cm³/mol. The van der Waals surface area contributed by atoms with Gasteiger partial charge in [-0.3, -0.25) is 0 Å². The molecule has 0 spiro atoms. The lowest BCUT2D eigenvalue weighted by Gasteiger charge is -2.38. The average Bonchev–Trinajstić information content (AvgIpc) is 1.99. The highest BCUT2D eigenvalue weighted by atomic mass is 16.5. The Morgan fingerprint density at radius 1 is 1.08 bits per heavy atom. The SMILES string of the molecule is CC(O)COC(C)(C(C)C)C(C)C. The van der Waals surface area contributed by atoms with Gasteiger partial charge in [0, 0.05) is 0 Å². The van der Waals surface area contributed by atoms with Crippen LogP contribution in [0.4, 0.5) is 0 Å². The van der Waals surface area contributed by atoms with Crippen molar-refractivity contribution >= 4 is 0 Å². The molecule has 0 aliphatic carbocycles. The minimum absolute atomic E-state index is 0.128. The van der Waals surface area contributed by atoms with Crippen LogP contribution in [0, 0.1) is 11.8 Å². The lowest BCUT2D eigenvalue weighted by atomic mass is 9.82. The average molecular weight is 188 g/mol. The molecule has 1 N–H and O–H groups in total. The predicted octanol–water partition coefficient (Wildman–Crippen LogP) is 2.45. The standard InChI is InChI=1S/C11H24O2/c1-8(2)11(6,9(3)4)13-7-10(5)12/h8-10,12H,7H2,1-6H3. The lowest BCUT2D eigenvalue weighted by Crippen LogP contribution is -2.42. The first-order valence-electron chi connectivity index (χ1n) is 5.12. The Balaban J connectivity index is 4.25. The van der Waals surface area contributed by atoms with Crippen molar-refractivity contribution in [2.45, 2.75) is 53.2 Å². The summed E-state index contributed by atoms with van der Waals surface area (Å²) in [6.07, 6.45) is -0.378. The third-order valence-electron chi connectivity index (χ3n) is 2.93. The Morgan fingerprint density at radius 3 is 1.69 bits per heavy atom. The minimum atomic E-state index is -0.378. The maximum absolute atomic E-state index is 9.15. The van der Waals surface area contributed by atoms with E-state index in [9.17, 15) is 0 Å². The summed E-state index contributed by atoms with van der Waals surface area (Å²) in [7, 11) is 0. The van der Waals surface area contributed by atoms with E-state index < -0.39 is 0 Å². The first-order chi connectivity index (χ1) is 5.80. The highest BCUT2D eigenvalue weighted by Crippen LogP contribution is 2.29. The number of hydrogen-bond donors (Lipinski definition) is 1. The number of aliphatic hydroxyl groups is 1. The molecular formula is C11H24O2. The Kier molecular flexibility index (Phi) is 4.93. The van der Waals surface area contributed by atoms with Gasteiger partial charge in [0.15, 0.2) is 0 Å². The second-order valence-corrected chi connectivity index (χ2v) is 4.65. The molecule has 13 heavy (non-hydrogen) atoms. The van der Waals surface area contributed by atoms with Crippen LogP contribution in [0.2, 0.25) is 0 Å². The molecule has 0 aliphatic rings. The molecule has 80 valence electrons. The summed E-state index contributed by atoms with van der Waals surface area (Å²) in [6.45, 7) is 12.9. The van der Waals surface area contributed by atoms with Crippen molar-refractivity contribution < 1.29 is 9.84 Å². The summed E-state index contributed by atoms with van der Waals surface area (Å²) in [6, 6.07) is 0. The molecule has 2 heteroatoms. The summed E-state index contributed by atoms with van der Waals surface area (Å²) in [4.78, 5) is 0. The fraction of sp³-hybridized carbons (Fsp3) is 1.00. The van der Waals surface area contributed by atoms with Crippen molar-refractivity contribution in [2.24, 2.45) is 11.8 Å². The molecule has 1 atom stereocenters. The highest BCUT2D eigenvalue weighted by Gasteiger charge is 2.33. The minimum Gasteiger partial charge on any atom is -0.391 e. The molecule has 0 heterocycles. The molecule has 0 saturated heterocycles. The van der Waals surface area contributed by atoms with Gasteiger partial charge in [-0.05, 0) is 25.7 Å². The van der Waals surface area contributed by atoms with Gasteiger partial charge in [-0.2, -0.15) is 0 Å². The second kappa shape index (κ2) is 4.97. The molecule has 0 aromatic heterocycles. The van der Waals surface area contributed by atoms with Crippen LogP contribution in [0.3, 0.4) is 0 Å². The van der Waals surface area contributed by atoms with E-state index in [1.54, 1.807) is 6.92 Å². The fourth-order valence-corrected chi connectivity index (χ4v) is 1.30. The van der Waals surface area contributed by atoms with Crippen molar-refractivity contribution in [3.05, 3.63) is 0 Å². The van der Waals surface area contributed by atoms with E-state index in [4.69, 9.17) is 9.84 Å². The van der Waals surface area contributed by atoms with Gasteiger partial charge in [0.25, 0.3) is 0 Å². The number of rotatable bonds is 5. The van der Waals surface area contributed by atoms with Crippen molar-refractivity contribution in [3.63, 3.8) is 0 Å². The molecule has 0 aromatic rings. The maximum Gasteiger partial charge on any atom is 0.0745 e. The zero-order valence-electron chi connectivity index (χ0n) is 9.79. The van der Waals surface area contributed by atoms with Crippen LogP contribution in [-0.2, 0) is 4.74 Å². The van der Waals surface area contributed by atoms with E-state index in [0.717, 1.165) is 0 Å². The van der Waals surface area contributed by atoms with Crippen LogP contribution in [0.5, 0.6) is 0 Å². The molecule has 0 fully saturated rings. The van der Waals surface area contributed by atoms with Crippen molar-refractivity contribution in [1.82, 2.24) is 0 Å². The number of ether oxygens (including phenoxy) is 1. The van der Waals surface area contributed by atoms with Crippen LogP contribution in [0.25, 0.3) is 0 Å². The van der Waals surface area contributed by atoms with Gasteiger partial charge >= 0.3 is 0 Å². The van der Waals surface area contributed by atoms with Crippen LogP contribution in [0.15, 0.2) is 0 Å². The van der Waals surface area contributed by atoms with Gasteiger partial charge in [-0.1, -0.05) is 27.7 Å². The molecule has 0 radical (unpaired) electrons. The fourth-order valence-electron chi connectivity index (χ4n) is 1.30. The third-order valence-corrected chi connectivity index (χ3v) is 2.93. The first kappa shape index (κ1) is 12.9. The molecule has 0 amide bonds. The molecule has 1 unspecified atom stereocenters. The van der Waals surface area contributed by atoms with E-state index in [2.05, 4.69) is 34.6 Å². The number of aliphatic hydroxyl groups excluding tert-OH is 1. The quantitative estimate of drug-likeness (QED) is 0.718. The van der Waals surface area contributed by atoms with E-state index in [-0.39, 0.29) is 11.7 Å². The normalized spacial score (nSPS) is 15.5. The summed E-state index contributed by atoms with van der Waals surface area (Å²) in [5.41, 5.74) is -0.128. The van der Waals surface area contributed by atoms with E-state index in [1.807, 2.05) is 0 Å². The Morgan fingerprint density at radius 2 is 1.46 bits per heavy atom. The molecule has 2 nitrogen and oxygen atoms in total. The van der Waals surface area contributed by atoms with Crippen molar-refractivity contribution in [1.29, 1.82) is 0 Å². The summed E-state index contributed by atoms with van der Waals surface area (Å²) >= 11 is 0. The lowest BCUT2D eigenvalue weighted by molar-refractivity contribution is -0.118. The van der Waals surface area contributed by atoms with Crippen LogP contribution in [0.1, 0.15) is 41.5 Å². The Bertz CT molecular complexity index is 131. The second-order valence-electron chi connectivity index (χ2n) is 4.65. The molecule has 0 bridgehead atoms. The largest absolute Gasteiger partial charge is 0.391 e. The number of hydrogen-bond acceptors (Lipinski definition) is 2. The molecule has 0 aliphatic heterocycles. The highest BCUT2D eigenvalue weighted by molar-refractivity contribution is 4.82. The van der Waals surface area contributed by atoms with Gasteiger partial charge in [0.1, 0.15) is 0 Å². The van der Waals surface area contributed by atoms with E-state index in [0.29, 0.717) is 18.4 Å². The van der Waals surface area contributed by atoms with Gasteiger partial charge in [-0.25, -0.2) is 0 Å². The smallest absolute Gasteiger partial charge is 0.0745 e. The molecule has 0 saturated carbocycles. The molecule has 0 rings (SSSR count). The summed E-state index contributed by atoms with van der Waals surface area (Å²) in [5.74, 6) is 0.928. The first-order valence-corrected chi connectivity index (χ1v) is 5.12. The van der Waals surface area contributed by atoms with Gasteiger partial charge in [-0.15, -0.1) is 0 Å². The van der Waals surface area contributed by atoms with Crippen molar-refractivity contribution in [3.8, 4) is 0 Å². The molecular weight excluding hydrogens is 164 g/mol. The zero-order valence-corrected chi connectivity index (χ0v) is 9.79. The summed E-state index contributed by atoms with van der Waals surface area (Å²) < 4.78 is 5.76. The van der Waals surface area contributed by atoms with Crippen LogP contribution >= 0.6 is 0 Å². The van der Waals surface area contributed by atoms with Crippen LogP contribution < -0.4 is 0 Å². The summed E-state index contributed by atoms with van der Waals surface area (Å²) in [5, 5.41) is 9.15. The van der Waals surface area contributed by atoms with Gasteiger partial charge in [0.2, 0.25) is 0 Å². The van der Waals surface area contributed by atoms with Gasteiger partial charge < -0.3 is 9.84 Å². The topological polar surface area (TPSA) is 29.5 Å². The van der Waals surface area contributed by atoms with Crippen LogP contribution in [-0.4, -0.2) is 23.4 Å². The van der Waals surface area contributed by atoms with Crippen molar-refractivity contribution in [2.75, 3.05) is 6.61 Å². The molecule has 0 aromatic carbocycles. The van der Waals surface area contributed by atoms with E-state index >= 15 is 0 Å². The Hall–Kier alpha value is -0.0800.